The molecule has 6 nitrogen and oxygen atoms in total. The monoisotopic (exact) mass is 298 g/mol. The predicted octanol–water partition coefficient (Wildman–Crippen LogP) is 1.50. The lowest BCUT2D eigenvalue weighted by molar-refractivity contribution is -0.133. The van der Waals surface area contributed by atoms with E-state index in [0.717, 1.165) is 36.9 Å². The fourth-order valence-corrected chi connectivity index (χ4v) is 3.14. The number of thioether (sulfide) groups is 1. The van der Waals surface area contributed by atoms with E-state index in [0.29, 0.717) is 0 Å². The van der Waals surface area contributed by atoms with Gasteiger partial charge in [-0.3, -0.25) is 4.79 Å². The molecule has 1 aliphatic rings. The number of aromatic nitrogens is 3. The molecule has 0 bridgehead atoms. The molecule has 2 heterocycles. The lowest BCUT2D eigenvalue weighted by Gasteiger charge is -2.16. The number of hydrogen-bond acceptors (Lipinski definition) is 5. The second-order valence-electron chi connectivity index (χ2n) is 5.03. The first-order valence-corrected chi connectivity index (χ1v) is 8.18. The smallest absolute Gasteiger partial charge is 0.313 e. The van der Waals surface area contributed by atoms with Gasteiger partial charge in [0, 0.05) is 19.5 Å². The van der Waals surface area contributed by atoms with Crippen molar-refractivity contribution in [2.24, 2.45) is 0 Å². The molecule has 1 fully saturated rings. The standard InChI is InChI=1S/C13H22N4O2S/c1-2-5-11-14-15-13(20-10-12(18)19)17(11)9-8-16-6-3-4-7-16/h2-10H2,1H3,(H,18,19). The van der Waals surface area contributed by atoms with Crippen molar-refractivity contribution in [3.63, 3.8) is 0 Å². The van der Waals surface area contributed by atoms with Crippen LogP contribution in [0.2, 0.25) is 0 Å². The summed E-state index contributed by atoms with van der Waals surface area (Å²) in [6, 6.07) is 0. The Morgan fingerprint density at radius 1 is 1.30 bits per heavy atom. The van der Waals surface area contributed by atoms with Gasteiger partial charge in [0.2, 0.25) is 0 Å². The molecular formula is C13H22N4O2S. The fraction of sp³-hybridized carbons (Fsp3) is 0.769. The van der Waals surface area contributed by atoms with Crippen molar-refractivity contribution in [2.75, 3.05) is 25.4 Å². The molecule has 20 heavy (non-hydrogen) atoms. The molecule has 7 heteroatoms. The van der Waals surface area contributed by atoms with Gasteiger partial charge < -0.3 is 14.6 Å². The van der Waals surface area contributed by atoms with E-state index in [4.69, 9.17) is 5.11 Å². The molecule has 0 atom stereocenters. The van der Waals surface area contributed by atoms with Crippen molar-refractivity contribution >= 4 is 17.7 Å². The van der Waals surface area contributed by atoms with E-state index in [1.807, 2.05) is 0 Å². The maximum absolute atomic E-state index is 10.7. The molecule has 1 aromatic rings. The van der Waals surface area contributed by atoms with Crippen LogP contribution in [0.5, 0.6) is 0 Å². The summed E-state index contributed by atoms with van der Waals surface area (Å²) in [7, 11) is 0. The molecule has 1 aromatic heterocycles. The fourth-order valence-electron chi connectivity index (χ4n) is 2.43. The number of hydrogen-bond donors (Lipinski definition) is 1. The summed E-state index contributed by atoms with van der Waals surface area (Å²) in [4.78, 5) is 13.1. The molecule has 0 aromatic carbocycles. The summed E-state index contributed by atoms with van der Waals surface area (Å²) < 4.78 is 2.09. The Morgan fingerprint density at radius 2 is 2.05 bits per heavy atom. The molecular weight excluding hydrogens is 276 g/mol. The van der Waals surface area contributed by atoms with E-state index < -0.39 is 5.97 Å². The van der Waals surface area contributed by atoms with Crippen molar-refractivity contribution < 1.29 is 9.90 Å². The number of aliphatic carboxylic acids is 1. The van der Waals surface area contributed by atoms with Crippen molar-refractivity contribution in [1.29, 1.82) is 0 Å². The van der Waals surface area contributed by atoms with Crippen LogP contribution in [0.4, 0.5) is 0 Å². The third kappa shape index (κ3) is 4.21. The molecule has 1 N–H and O–H groups in total. The summed E-state index contributed by atoms with van der Waals surface area (Å²) in [6.45, 7) is 6.30. The average Bonchev–Trinajstić information content (AvgIpc) is 3.04. The molecule has 1 aliphatic heterocycles. The summed E-state index contributed by atoms with van der Waals surface area (Å²) >= 11 is 1.26. The van der Waals surface area contributed by atoms with Crippen molar-refractivity contribution in [1.82, 2.24) is 19.7 Å². The number of carboxylic acids is 1. The molecule has 0 amide bonds. The predicted molar refractivity (Wildman–Crippen MR) is 78.1 cm³/mol. The zero-order valence-electron chi connectivity index (χ0n) is 11.9. The Hall–Kier alpha value is -1.08. The Morgan fingerprint density at radius 3 is 2.70 bits per heavy atom. The summed E-state index contributed by atoms with van der Waals surface area (Å²) in [5, 5.41) is 17.9. The van der Waals surface area contributed by atoms with Crippen LogP contribution < -0.4 is 0 Å². The number of aryl methyl sites for hydroxylation is 1. The minimum Gasteiger partial charge on any atom is -0.481 e. The van der Waals surface area contributed by atoms with Crippen LogP contribution in [0.3, 0.4) is 0 Å². The summed E-state index contributed by atoms with van der Waals surface area (Å²) in [5.41, 5.74) is 0. The zero-order chi connectivity index (χ0) is 14.4. The molecule has 112 valence electrons. The zero-order valence-corrected chi connectivity index (χ0v) is 12.7. The minimum absolute atomic E-state index is 0.0357. The van der Waals surface area contributed by atoms with Crippen LogP contribution in [0.25, 0.3) is 0 Å². The maximum atomic E-state index is 10.7. The largest absolute Gasteiger partial charge is 0.481 e. The first kappa shape index (κ1) is 15.3. The lowest BCUT2D eigenvalue weighted by atomic mass is 10.3. The minimum atomic E-state index is -0.818. The van der Waals surface area contributed by atoms with Crippen LogP contribution in [-0.4, -0.2) is 56.1 Å². The van der Waals surface area contributed by atoms with E-state index in [1.54, 1.807) is 0 Å². The second-order valence-corrected chi connectivity index (χ2v) is 5.97. The van der Waals surface area contributed by atoms with Gasteiger partial charge in [0.1, 0.15) is 5.82 Å². The van der Waals surface area contributed by atoms with Crippen LogP contribution in [0, 0.1) is 0 Å². The van der Waals surface area contributed by atoms with Gasteiger partial charge in [-0.15, -0.1) is 10.2 Å². The highest BCUT2D eigenvalue weighted by Crippen LogP contribution is 2.18. The first-order valence-electron chi connectivity index (χ1n) is 7.19. The van der Waals surface area contributed by atoms with E-state index in [2.05, 4.69) is 26.6 Å². The average molecular weight is 298 g/mol. The second kappa shape index (κ2) is 7.64. The number of carbonyl (C=O) groups is 1. The molecule has 0 aliphatic carbocycles. The van der Waals surface area contributed by atoms with Gasteiger partial charge in [0.05, 0.1) is 5.75 Å². The van der Waals surface area contributed by atoms with Crippen molar-refractivity contribution in [3.05, 3.63) is 5.82 Å². The number of likely N-dealkylation sites (tertiary alicyclic amines) is 1. The van der Waals surface area contributed by atoms with Crippen LogP contribution >= 0.6 is 11.8 Å². The number of carboxylic acid groups (broad SMARTS) is 1. The van der Waals surface area contributed by atoms with Crippen molar-refractivity contribution in [2.45, 2.75) is 44.3 Å². The highest BCUT2D eigenvalue weighted by atomic mass is 32.2. The van der Waals surface area contributed by atoms with Gasteiger partial charge in [-0.1, -0.05) is 18.7 Å². The van der Waals surface area contributed by atoms with E-state index >= 15 is 0 Å². The van der Waals surface area contributed by atoms with Gasteiger partial charge in [-0.05, 0) is 32.4 Å². The van der Waals surface area contributed by atoms with E-state index in [9.17, 15) is 4.79 Å². The molecule has 0 saturated carbocycles. The Bertz CT molecular complexity index is 444. The Balaban J connectivity index is 2.00. The Kier molecular flexibility index (Phi) is 5.85. The maximum Gasteiger partial charge on any atom is 0.313 e. The Labute approximate surface area is 123 Å². The highest BCUT2D eigenvalue weighted by Gasteiger charge is 2.16. The third-order valence-electron chi connectivity index (χ3n) is 3.43. The summed E-state index contributed by atoms with van der Waals surface area (Å²) in [6.07, 6.45) is 4.47. The van der Waals surface area contributed by atoms with Gasteiger partial charge in [0.25, 0.3) is 0 Å². The van der Waals surface area contributed by atoms with E-state index in [-0.39, 0.29) is 5.75 Å². The van der Waals surface area contributed by atoms with Crippen molar-refractivity contribution in [3.8, 4) is 0 Å². The van der Waals surface area contributed by atoms with Crippen LogP contribution in [-0.2, 0) is 17.8 Å². The molecule has 2 rings (SSSR count). The first-order chi connectivity index (χ1) is 9.70. The molecule has 0 spiro atoms. The molecule has 0 unspecified atom stereocenters. The molecule has 1 saturated heterocycles. The normalized spacial score (nSPS) is 15.8. The van der Waals surface area contributed by atoms with Crippen LogP contribution in [0.1, 0.15) is 32.0 Å². The van der Waals surface area contributed by atoms with Gasteiger partial charge in [-0.25, -0.2) is 0 Å². The number of nitrogens with zero attached hydrogens (tertiary/aromatic N) is 4. The summed E-state index contributed by atoms with van der Waals surface area (Å²) in [5.74, 6) is 0.189. The van der Waals surface area contributed by atoms with Crippen LogP contribution in [0.15, 0.2) is 5.16 Å². The quantitative estimate of drug-likeness (QED) is 0.733. The number of rotatable bonds is 8. The SMILES string of the molecule is CCCc1nnc(SCC(=O)O)n1CCN1CCCC1. The lowest BCUT2D eigenvalue weighted by Crippen LogP contribution is -2.25. The van der Waals surface area contributed by atoms with Gasteiger partial charge in [-0.2, -0.15) is 0 Å². The molecule has 0 radical (unpaired) electrons. The van der Waals surface area contributed by atoms with Gasteiger partial charge >= 0.3 is 5.97 Å². The van der Waals surface area contributed by atoms with E-state index in [1.165, 1.54) is 37.7 Å². The highest BCUT2D eigenvalue weighted by molar-refractivity contribution is 7.99. The topological polar surface area (TPSA) is 71.2 Å². The third-order valence-corrected chi connectivity index (χ3v) is 4.38. The van der Waals surface area contributed by atoms with Gasteiger partial charge in [0.15, 0.2) is 5.16 Å².